The molecule has 0 aliphatic carbocycles. The molecule has 1 amide bonds. The zero-order valence-electron chi connectivity index (χ0n) is 13.1. The van der Waals surface area contributed by atoms with E-state index in [2.05, 4.69) is 5.32 Å². The number of amides is 1. The van der Waals surface area contributed by atoms with Crippen LogP contribution in [0.4, 0.5) is 0 Å². The average molecular weight is 345 g/mol. The lowest BCUT2D eigenvalue weighted by molar-refractivity contribution is -0.126. The van der Waals surface area contributed by atoms with Crippen LogP contribution in [0.25, 0.3) is 0 Å². The van der Waals surface area contributed by atoms with E-state index < -0.39 is 10.0 Å². The van der Waals surface area contributed by atoms with Crippen LogP contribution in [-0.2, 0) is 14.8 Å². The van der Waals surface area contributed by atoms with Gasteiger partial charge in [-0.1, -0.05) is 19.9 Å². The summed E-state index contributed by atoms with van der Waals surface area (Å²) >= 11 is 1.22. The monoisotopic (exact) mass is 344 g/mol. The van der Waals surface area contributed by atoms with Gasteiger partial charge in [0, 0.05) is 19.1 Å². The summed E-state index contributed by atoms with van der Waals surface area (Å²) in [6.45, 7) is 4.87. The highest BCUT2D eigenvalue weighted by atomic mass is 32.2. The van der Waals surface area contributed by atoms with Crippen molar-refractivity contribution in [2.45, 2.75) is 49.8 Å². The number of sulfonamides is 1. The second kappa shape index (κ2) is 7.57. The number of hydrogen-bond acceptors (Lipinski definition) is 4. The van der Waals surface area contributed by atoms with E-state index in [0.717, 1.165) is 25.7 Å². The van der Waals surface area contributed by atoms with Gasteiger partial charge >= 0.3 is 0 Å². The van der Waals surface area contributed by atoms with Crippen LogP contribution in [0, 0.1) is 5.92 Å². The smallest absolute Gasteiger partial charge is 0.252 e. The molecule has 1 unspecified atom stereocenters. The molecule has 1 aromatic rings. The maximum atomic E-state index is 12.6. The predicted octanol–water partition coefficient (Wildman–Crippen LogP) is 2.45. The summed E-state index contributed by atoms with van der Waals surface area (Å²) in [4.78, 5) is 12.4. The molecule has 5 nitrogen and oxygen atoms in total. The molecular weight excluding hydrogens is 320 g/mol. The Balaban J connectivity index is 2.04. The Morgan fingerprint density at radius 1 is 1.45 bits per heavy atom. The first-order chi connectivity index (χ1) is 10.5. The van der Waals surface area contributed by atoms with E-state index in [1.807, 2.05) is 13.8 Å². The standard InChI is InChI=1S/C15H24N2O3S2/c1-3-13(4-2)16-15(18)12-7-5-9-17(11-12)22(19,20)14-8-6-10-21-14/h6,8,10,12-13H,3-5,7,9,11H2,1-2H3,(H,16,18). The minimum absolute atomic E-state index is 0.0141. The molecular formula is C15H24N2O3S2. The van der Waals surface area contributed by atoms with Crippen molar-refractivity contribution >= 4 is 27.3 Å². The van der Waals surface area contributed by atoms with Crippen molar-refractivity contribution < 1.29 is 13.2 Å². The third-order valence-corrected chi connectivity index (χ3v) is 7.41. The molecule has 1 aromatic heterocycles. The van der Waals surface area contributed by atoms with Gasteiger partial charge in [-0.15, -0.1) is 11.3 Å². The van der Waals surface area contributed by atoms with Crippen LogP contribution in [-0.4, -0.2) is 37.8 Å². The highest BCUT2D eigenvalue weighted by Crippen LogP contribution is 2.26. The third-order valence-electron chi connectivity index (χ3n) is 4.18. The molecule has 0 radical (unpaired) electrons. The van der Waals surface area contributed by atoms with Gasteiger partial charge in [-0.05, 0) is 37.1 Å². The highest BCUT2D eigenvalue weighted by molar-refractivity contribution is 7.91. The lowest BCUT2D eigenvalue weighted by Gasteiger charge is -2.31. The topological polar surface area (TPSA) is 66.5 Å². The SMILES string of the molecule is CCC(CC)NC(=O)C1CCCN(S(=O)(=O)c2cccs2)C1. The quantitative estimate of drug-likeness (QED) is 0.862. The predicted molar refractivity (Wildman–Crippen MR) is 88.3 cm³/mol. The fourth-order valence-corrected chi connectivity index (χ4v) is 5.39. The van der Waals surface area contributed by atoms with Gasteiger partial charge in [-0.3, -0.25) is 4.79 Å². The van der Waals surface area contributed by atoms with Gasteiger partial charge in [0.15, 0.2) is 0 Å². The molecule has 1 atom stereocenters. The molecule has 7 heteroatoms. The summed E-state index contributed by atoms with van der Waals surface area (Å²) in [5.41, 5.74) is 0. The molecule has 2 rings (SSSR count). The van der Waals surface area contributed by atoms with Gasteiger partial charge < -0.3 is 5.32 Å². The van der Waals surface area contributed by atoms with Crippen molar-refractivity contribution in [2.75, 3.05) is 13.1 Å². The van der Waals surface area contributed by atoms with Crippen molar-refractivity contribution in [1.29, 1.82) is 0 Å². The molecule has 1 N–H and O–H groups in total. The fraction of sp³-hybridized carbons (Fsp3) is 0.667. The van der Waals surface area contributed by atoms with E-state index in [9.17, 15) is 13.2 Å². The Labute approximate surface area is 136 Å². The summed E-state index contributed by atoms with van der Waals surface area (Å²) in [6.07, 6.45) is 3.27. The van der Waals surface area contributed by atoms with Gasteiger partial charge in [0.05, 0.1) is 5.92 Å². The first-order valence-electron chi connectivity index (χ1n) is 7.83. The zero-order valence-corrected chi connectivity index (χ0v) is 14.8. The van der Waals surface area contributed by atoms with Crippen LogP contribution >= 0.6 is 11.3 Å². The van der Waals surface area contributed by atoms with E-state index in [-0.39, 0.29) is 24.4 Å². The summed E-state index contributed by atoms with van der Waals surface area (Å²) < 4.78 is 26.9. The van der Waals surface area contributed by atoms with Gasteiger partial charge in [-0.2, -0.15) is 4.31 Å². The number of hydrogen-bond donors (Lipinski definition) is 1. The molecule has 2 heterocycles. The average Bonchev–Trinajstić information content (AvgIpc) is 3.07. The Morgan fingerprint density at radius 3 is 2.77 bits per heavy atom. The summed E-state index contributed by atoms with van der Waals surface area (Å²) in [7, 11) is -3.45. The second-order valence-electron chi connectivity index (χ2n) is 5.66. The van der Waals surface area contributed by atoms with Crippen molar-refractivity contribution in [3.63, 3.8) is 0 Å². The van der Waals surface area contributed by atoms with Crippen molar-refractivity contribution in [1.82, 2.24) is 9.62 Å². The first-order valence-corrected chi connectivity index (χ1v) is 10.1. The number of rotatable bonds is 6. The normalized spacial score (nSPS) is 20.2. The number of nitrogens with zero attached hydrogens (tertiary/aromatic N) is 1. The molecule has 124 valence electrons. The van der Waals surface area contributed by atoms with E-state index >= 15 is 0 Å². The van der Waals surface area contributed by atoms with E-state index in [4.69, 9.17) is 0 Å². The number of carbonyl (C=O) groups is 1. The number of nitrogens with one attached hydrogen (secondary N) is 1. The van der Waals surface area contributed by atoms with Crippen molar-refractivity contribution in [3.05, 3.63) is 17.5 Å². The number of thiophene rings is 1. The molecule has 0 spiro atoms. The molecule has 0 saturated carbocycles. The van der Waals surface area contributed by atoms with Gasteiger partial charge in [-0.25, -0.2) is 8.42 Å². The second-order valence-corrected chi connectivity index (χ2v) is 8.77. The maximum absolute atomic E-state index is 12.6. The third kappa shape index (κ3) is 3.88. The Bertz CT molecular complexity index is 580. The van der Waals surface area contributed by atoms with Gasteiger partial charge in [0.1, 0.15) is 4.21 Å². The summed E-state index contributed by atoms with van der Waals surface area (Å²) in [6, 6.07) is 3.53. The lowest BCUT2D eigenvalue weighted by atomic mass is 9.98. The number of carbonyl (C=O) groups excluding carboxylic acids is 1. The van der Waals surface area contributed by atoms with Crippen molar-refractivity contribution in [2.24, 2.45) is 5.92 Å². The molecule has 22 heavy (non-hydrogen) atoms. The minimum atomic E-state index is -3.45. The van der Waals surface area contributed by atoms with Crippen LogP contribution in [0.15, 0.2) is 21.7 Å². The Hall–Kier alpha value is -0.920. The zero-order chi connectivity index (χ0) is 16.2. The van der Waals surface area contributed by atoms with Crippen LogP contribution in [0.1, 0.15) is 39.5 Å². The largest absolute Gasteiger partial charge is 0.353 e. The molecule has 0 aromatic carbocycles. The summed E-state index contributed by atoms with van der Waals surface area (Å²) in [5, 5.41) is 4.79. The van der Waals surface area contributed by atoms with E-state index in [1.54, 1.807) is 17.5 Å². The first kappa shape index (κ1) is 17.4. The summed E-state index contributed by atoms with van der Waals surface area (Å²) in [5.74, 6) is -0.260. The Morgan fingerprint density at radius 2 is 2.18 bits per heavy atom. The van der Waals surface area contributed by atoms with Gasteiger partial charge in [0.2, 0.25) is 5.91 Å². The van der Waals surface area contributed by atoms with Crippen LogP contribution in [0.5, 0.6) is 0 Å². The molecule has 0 bridgehead atoms. The minimum Gasteiger partial charge on any atom is -0.353 e. The molecule has 1 aliphatic rings. The van der Waals surface area contributed by atoms with Crippen molar-refractivity contribution in [3.8, 4) is 0 Å². The lowest BCUT2D eigenvalue weighted by Crippen LogP contribution is -2.47. The molecule has 1 fully saturated rings. The molecule has 1 saturated heterocycles. The maximum Gasteiger partial charge on any atom is 0.252 e. The van der Waals surface area contributed by atoms with E-state index in [0.29, 0.717) is 10.8 Å². The number of piperidine rings is 1. The molecule has 1 aliphatic heterocycles. The fourth-order valence-electron chi connectivity index (χ4n) is 2.72. The highest BCUT2D eigenvalue weighted by Gasteiger charge is 2.34. The Kier molecular flexibility index (Phi) is 6.00. The van der Waals surface area contributed by atoms with Crippen LogP contribution < -0.4 is 5.32 Å². The van der Waals surface area contributed by atoms with E-state index in [1.165, 1.54) is 15.6 Å². The van der Waals surface area contributed by atoms with Crippen LogP contribution in [0.3, 0.4) is 0 Å². The van der Waals surface area contributed by atoms with Gasteiger partial charge in [0.25, 0.3) is 10.0 Å². The van der Waals surface area contributed by atoms with Crippen LogP contribution in [0.2, 0.25) is 0 Å².